The number of amides is 2. The first-order valence-corrected chi connectivity index (χ1v) is 7.10. The molecular formula is C15H21N3O3. The molecule has 1 aromatic carbocycles. The lowest BCUT2D eigenvalue weighted by atomic mass is 10.1. The molecule has 0 unspecified atom stereocenters. The lowest BCUT2D eigenvalue weighted by molar-refractivity contribution is 0.0570. The van der Waals surface area contributed by atoms with Crippen molar-refractivity contribution in [3.63, 3.8) is 0 Å². The minimum Gasteiger partial charge on any atom is -0.450 e. The molecule has 21 heavy (non-hydrogen) atoms. The summed E-state index contributed by atoms with van der Waals surface area (Å²) in [4.78, 5) is 27.5. The van der Waals surface area contributed by atoms with Crippen LogP contribution in [0, 0.1) is 6.92 Å². The Morgan fingerprint density at radius 2 is 1.81 bits per heavy atom. The third-order valence-corrected chi connectivity index (χ3v) is 3.57. The lowest BCUT2D eigenvalue weighted by Crippen LogP contribution is -2.50. The summed E-state index contributed by atoms with van der Waals surface area (Å²) in [5.74, 6) is -0.0176. The van der Waals surface area contributed by atoms with Gasteiger partial charge in [0.25, 0.3) is 5.91 Å². The number of carbonyl (C=O) groups excluding carboxylic acids is 2. The number of carbonyl (C=O) groups is 2. The molecule has 1 saturated heterocycles. The molecule has 0 spiro atoms. The van der Waals surface area contributed by atoms with Crippen molar-refractivity contribution < 1.29 is 14.3 Å². The number of anilines is 1. The molecule has 1 aromatic rings. The first-order chi connectivity index (χ1) is 10.0. The van der Waals surface area contributed by atoms with Gasteiger partial charge in [-0.05, 0) is 37.6 Å². The first-order valence-electron chi connectivity index (χ1n) is 7.10. The summed E-state index contributed by atoms with van der Waals surface area (Å²) in [6, 6.07) is 5.28. The van der Waals surface area contributed by atoms with E-state index in [-0.39, 0.29) is 12.0 Å². The molecule has 0 radical (unpaired) electrons. The van der Waals surface area contributed by atoms with Crippen LogP contribution in [-0.4, -0.2) is 54.6 Å². The van der Waals surface area contributed by atoms with Gasteiger partial charge in [0.2, 0.25) is 0 Å². The molecule has 1 fully saturated rings. The van der Waals surface area contributed by atoms with Crippen LogP contribution in [0.15, 0.2) is 18.2 Å². The molecule has 1 aliphatic heterocycles. The standard InChI is InChI=1S/C15H21N3O3/c1-3-21-15(20)18-8-6-17(7-9-18)14(19)13-5-4-12(16)10-11(13)2/h4-5,10H,3,6-9,16H2,1-2H3. The summed E-state index contributed by atoms with van der Waals surface area (Å²) in [5, 5.41) is 0. The molecular weight excluding hydrogens is 270 g/mol. The summed E-state index contributed by atoms with van der Waals surface area (Å²) in [7, 11) is 0. The fourth-order valence-electron chi connectivity index (χ4n) is 2.40. The molecule has 0 aromatic heterocycles. The van der Waals surface area contributed by atoms with Gasteiger partial charge in [-0.15, -0.1) is 0 Å². The second kappa shape index (κ2) is 6.47. The molecule has 0 bridgehead atoms. The molecule has 0 atom stereocenters. The number of hydrogen-bond acceptors (Lipinski definition) is 4. The maximum atomic E-state index is 12.5. The van der Waals surface area contributed by atoms with Crippen molar-refractivity contribution in [2.24, 2.45) is 0 Å². The van der Waals surface area contributed by atoms with Crippen LogP contribution >= 0.6 is 0 Å². The SMILES string of the molecule is CCOC(=O)N1CCN(C(=O)c2ccc(N)cc2C)CC1. The van der Waals surface area contributed by atoms with E-state index in [1.54, 1.807) is 34.9 Å². The molecule has 114 valence electrons. The lowest BCUT2D eigenvalue weighted by Gasteiger charge is -2.34. The van der Waals surface area contributed by atoms with Crippen molar-refractivity contribution >= 4 is 17.7 Å². The highest BCUT2D eigenvalue weighted by Crippen LogP contribution is 2.16. The van der Waals surface area contributed by atoms with Gasteiger partial charge in [-0.3, -0.25) is 4.79 Å². The summed E-state index contributed by atoms with van der Waals surface area (Å²) in [6.45, 7) is 6.04. The van der Waals surface area contributed by atoms with Crippen LogP contribution in [0.3, 0.4) is 0 Å². The summed E-state index contributed by atoms with van der Waals surface area (Å²) in [5.41, 5.74) is 7.88. The van der Waals surface area contributed by atoms with Crippen molar-refractivity contribution in [1.82, 2.24) is 9.80 Å². The number of nitrogens with zero attached hydrogens (tertiary/aromatic N) is 2. The van der Waals surface area contributed by atoms with Gasteiger partial charge < -0.3 is 20.3 Å². The Bertz CT molecular complexity index is 537. The number of piperazine rings is 1. The predicted molar refractivity (Wildman–Crippen MR) is 80.1 cm³/mol. The van der Waals surface area contributed by atoms with Gasteiger partial charge in [-0.1, -0.05) is 0 Å². The van der Waals surface area contributed by atoms with Gasteiger partial charge in [0.1, 0.15) is 0 Å². The minimum atomic E-state index is -0.312. The quantitative estimate of drug-likeness (QED) is 0.838. The van der Waals surface area contributed by atoms with Gasteiger partial charge in [-0.2, -0.15) is 0 Å². The minimum absolute atomic E-state index is 0.0176. The topological polar surface area (TPSA) is 75.9 Å². The molecule has 2 rings (SSSR count). The van der Waals surface area contributed by atoms with Crippen molar-refractivity contribution in [2.45, 2.75) is 13.8 Å². The second-order valence-electron chi connectivity index (χ2n) is 5.05. The largest absolute Gasteiger partial charge is 0.450 e. The average Bonchev–Trinajstić information content (AvgIpc) is 2.47. The number of nitrogen functional groups attached to an aromatic ring is 1. The van der Waals surface area contributed by atoms with Gasteiger partial charge in [-0.25, -0.2) is 4.79 Å². The molecule has 1 aliphatic rings. The molecule has 1 heterocycles. The van der Waals surface area contributed by atoms with Crippen LogP contribution in [0.5, 0.6) is 0 Å². The van der Waals surface area contributed by atoms with E-state index >= 15 is 0 Å². The number of aryl methyl sites for hydroxylation is 1. The summed E-state index contributed by atoms with van der Waals surface area (Å²) in [6.07, 6.45) is -0.312. The molecule has 6 heteroatoms. The van der Waals surface area contributed by atoms with Crippen LogP contribution in [0.2, 0.25) is 0 Å². The zero-order valence-corrected chi connectivity index (χ0v) is 12.5. The Kier molecular flexibility index (Phi) is 4.67. The Morgan fingerprint density at radius 3 is 2.38 bits per heavy atom. The maximum Gasteiger partial charge on any atom is 0.409 e. The van der Waals surface area contributed by atoms with Crippen molar-refractivity contribution in [1.29, 1.82) is 0 Å². The second-order valence-corrected chi connectivity index (χ2v) is 5.05. The monoisotopic (exact) mass is 291 g/mol. The fraction of sp³-hybridized carbons (Fsp3) is 0.467. The number of ether oxygens (including phenoxy) is 1. The first kappa shape index (κ1) is 15.2. The molecule has 2 N–H and O–H groups in total. The van der Waals surface area contributed by atoms with Crippen LogP contribution in [0.25, 0.3) is 0 Å². The Morgan fingerprint density at radius 1 is 1.19 bits per heavy atom. The molecule has 6 nitrogen and oxygen atoms in total. The van der Waals surface area contributed by atoms with Crippen molar-refractivity contribution in [3.05, 3.63) is 29.3 Å². The van der Waals surface area contributed by atoms with E-state index in [9.17, 15) is 9.59 Å². The zero-order valence-electron chi connectivity index (χ0n) is 12.5. The van der Waals surface area contributed by atoms with E-state index in [4.69, 9.17) is 10.5 Å². The van der Waals surface area contributed by atoms with Gasteiger partial charge in [0.05, 0.1) is 6.61 Å². The van der Waals surface area contributed by atoms with Crippen LogP contribution in [0.4, 0.5) is 10.5 Å². The van der Waals surface area contributed by atoms with E-state index < -0.39 is 0 Å². The highest BCUT2D eigenvalue weighted by molar-refractivity contribution is 5.96. The Labute approximate surface area is 124 Å². The molecule has 0 saturated carbocycles. The fourth-order valence-corrected chi connectivity index (χ4v) is 2.40. The highest BCUT2D eigenvalue weighted by atomic mass is 16.6. The summed E-state index contributed by atoms with van der Waals surface area (Å²) >= 11 is 0. The van der Waals surface area contributed by atoms with E-state index in [1.807, 2.05) is 6.92 Å². The van der Waals surface area contributed by atoms with Crippen LogP contribution in [0.1, 0.15) is 22.8 Å². The van der Waals surface area contributed by atoms with Crippen molar-refractivity contribution in [3.8, 4) is 0 Å². The third-order valence-electron chi connectivity index (χ3n) is 3.57. The van der Waals surface area contributed by atoms with E-state index in [1.165, 1.54) is 0 Å². The number of hydrogen-bond donors (Lipinski definition) is 1. The number of benzene rings is 1. The predicted octanol–water partition coefficient (Wildman–Crippen LogP) is 1.49. The zero-order chi connectivity index (χ0) is 15.4. The number of nitrogens with two attached hydrogens (primary N) is 1. The highest BCUT2D eigenvalue weighted by Gasteiger charge is 2.26. The van der Waals surface area contributed by atoms with E-state index in [2.05, 4.69) is 0 Å². The third kappa shape index (κ3) is 3.45. The number of rotatable bonds is 2. The Balaban J connectivity index is 1.98. The van der Waals surface area contributed by atoms with E-state index in [0.29, 0.717) is 44.0 Å². The smallest absolute Gasteiger partial charge is 0.409 e. The average molecular weight is 291 g/mol. The summed E-state index contributed by atoms with van der Waals surface area (Å²) < 4.78 is 4.96. The van der Waals surface area contributed by atoms with Gasteiger partial charge >= 0.3 is 6.09 Å². The van der Waals surface area contributed by atoms with Gasteiger partial charge in [0, 0.05) is 37.4 Å². The molecule has 0 aliphatic carbocycles. The maximum absolute atomic E-state index is 12.5. The van der Waals surface area contributed by atoms with Gasteiger partial charge in [0.15, 0.2) is 0 Å². The Hall–Kier alpha value is -2.24. The molecule has 2 amide bonds. The van der Waals surface area contributed by atoms with E-state index in [0.717, 1.165) is 5.56 Å². The van der Waals surface area contributed by atoms with Crippen LogP contribution < -0.4 is 5.73 Å². The van der Waals surface area contributed by atoms with Crippen molar-refractivity contribution in [2.75, 3.05) is 38.5 Å². The normalized spacial score (nSPS) is 15.0. The van der Waals surface area contributed by atoms with Crippen LogP contribution in [-0.2, 0) is 4.74 Å².